The number of carbonyl (C=O) groups excluding carboxylic acids is 1. The molecule has 7 heteroatoms. The second-order valence-corrected chi connectivity index (χ2v) is 7.49. The number of unbranched alkanes of at least 4 members (excludes halogenated alkanes) is 1. The standard InChI is InChI=1S/C21H26F3N3O/c22-21(23,24)18-5-3-4-16(12-18)13-20(28)17-7-10-27(11-8-17)9-2-1-6-19-14-25-15-26-19/h3-5,12,14-15,17H,1-2,6-11,13H2,(H,25,26). The Labute approximate surface area is 163 Å². The van der Waals surface area contributed by atoms with Crippen LogP contribution in [0.2, 0.25) is 0 Å². The van der Waals surface area contributed by atoms with Crippen molar-refractivity contribution in [2.45, 2.75) is 44.7 Å². The van der Waals surface area contributed by atoms with Gasteiger partial charge in [-0.3, -0.25) is 4.79 Å². The highest BCUT2D eigenvalue weighted by atomic mass is 19.4. The van der Waals surface area contributed by atoms with Gasteiger partial charge in [0.25, 0.3) is 0 Å². The van der Waals surface area contributed by atoms with Crippen molar-refractivity contribution in [2.24, 2.45) is 5.92 Å². The number of carbonyl (C=O) groups is 1. The summed E-state index contributed by atoms with van der Waals surface area (Å²) in [6, 6.07) is 5.10. The highest BCUT2D eigenvalue weighted by Gasteiger charge is 2.31. The normalized spacial score (nSPS) is 16.4. The molecule has 0 radical (unpaired) electrons. The lowest BCUT2D eigenvalue weighted by atomic mass is 9.89. The number of halogens is 3. The number of likely N-dealkylation sites (tertiary alicyclic amines) is 1. The smallest absolute Gasteiger partial charge is 0.348 e. The van der Waals surface area contributed by atoms with E-state index in [2.05, 4.69) is 14.9 Å². The van der Waals surface area contributed by atoms with E-state index in [1.54, 1.807) is 12.4 Å². The van der Waals surface area contributed by atoms with Crippen LogP contribution in [0, 0.1) is 5.92 Å². The van der Waals surface area contributed by atoms with Gasteiger partial charge in [0.05, 0.1) is 11.9 Å². The molecule has 0 amide bonds. The third-order valence-electron chi connectivity index (χ3n) is 5.40. The molecule has 152 valence electrons. The van der Waals surface area contributed by atoms with Gasteiger partial charge in [0.2, 0.25) is 0 Å². The molecule has 1 aliphatic heterocycles. The van der Waals surface area contributed by atoms with Gasteiger partial charge in [0.1, 0.15) is 5.78 Å². The SMILES string of the molecule is O=C(Cc1cccc(C(F)(F)F)c1)C1CCN(CCCCc2cnc[nH]2)CC1. The van der Waals surface area contributed by atoms with Crippen LogP contribution >= 0.6 is 0 Å². The molecular weight excluding hydrogens is 367 g/mol. The molecular formula is C21H26F3N3O. The van der Waals surface area contributed by atoms with Crippen LogP contribution < -0.4 is 0 Å². The second-order valence-electron chi connectivity index (χ2n) is 7.49. The largest absolute Gasteiger partial charge is 0.416 e. The lowest BCUT2D eigenvalue weighted by Crippen LogP contribution is -2.37. The van der Waals surface area contributed by atoms with Gasteiger partial charge in [-0.15, -0.1) is 0 Å². The first kappa shape index (κ1) is 20.6. The third kappa shape index (κ3) is 5.92. The minimum atomic E-state index is -4.37. The van der Waals surface area contributed by atoms with Gasteiger partial charge in [-0.2, -0.15) is 13.2 Å². The number of Topliss-reactive ketones (excluding diaryl/α,β-unsaturated/α-hetero) is 1. The van der Waals surface area contributed by atoms with Gasteiger partial charge in [-0.25, -0.2) is 4.98 Å². The fraction of sp³-hybridized carbons (Fsp3) is 0.524. The van der Waals surface area contributed by atoms with E-state index >= 15 is 0 Å². The number of aryl methyl sites for hydroxylation is 1. The number of aromatic nitrogens is 2. The first-order chi connectivity index (χ1) is 13.4. The Morgan fingerprint density at radius 2 is 2.00 bits per heavy atom. The molecule has 28 heavy (non-hydrogen) atoms. The van der Waals surface area contributed by atoms with Crippen LogP contribution in [0.5, 0.6) is 0 Å². The third-order valence-corrected chi connectivity index (χ3v) is 5.40. The molecule has 0 atom stereocenters. The summed E-state index contributed by atoms with van der Waals surface area (Å²) in [4.78, 5) is 22.0. The molecule has 1 aromatic heterocycles. The van der Waals surface area contributed by atoms with Crippen LogP contribution in [-0.2, 0) is 23.8 Å². The van der Waals surface area contributed by atoms with E-state index in [1.807, 2.05) is 6.20 Å². The molecule has 0 unspecified atom stereocenters. The summed E-state index contributed by atoms with van der Waals surface area (Å²) in [6.07, 6.45) is 4.01. The van der Waals surface area contributed by atoms with Crippen LogP contribution in [0.1, 0.15) is 42.5 Å². The van der Waals surface area contributed by atoms with Crippen molar-refractivity contribution < 1.29 is 18.0 Å². The van der Waals surface area contributed by atoms with E-state index in [4.69, 9.17) is 0 Å². The Balaban J connectivity index is 1.39. The number of alkyl halides is 3. The number of benzene rings is 1. The lowest BCUT2D eigenvalue weighted by Gasteiger charge is -2.31. The van der Waals surface area contributed by atoms with Gasteiger partial charge < -0.3 is 9.88 Å². The lowest BCUT2D eigenvalue weighted by molar-refractivity contribution is -0.137. The molecule has 1 saturated heterocycles. The van der Waals surface area contributed by atoms with Crippen molar-refractivity contribution >= 4 is 5.78 Å². The van der Waals surface area contributed by atoms with E-state index in [9.17, 15) is 18.0 Å². The number of rotatable bonds is 8. The molecule has 0 bridgehead atoms. The van der Waals surface area contributed by atoms with Gasteiger partial charge in [-0.05, 0) is 63.4 Å². The molecule has 1 fully saturated rings. The van der Waals surface area contributed by atoms with Crippen LogP contribution in [0.3, 0.4) is 0 Å². The zero-order chi connectivity index (χ0) is 20.0. The number of H-pyrrole nitrogens is 1. The van der Waals surface area contributed by atoms with Gasteiger partial charge in [0, 0.05) is 24.2 Å². The van der Waals surface area contributed by atoms with Crippen molar-refractivity contribution in [2.75, 3.05) is 19.6 Å². The number of imidazole rings is 1. The quantitative estimate of drug-likeness (QED) is 0.681. The first-order valence-corrected chi connectivity index (χ1v) is 9.80. The fourth-order valence-electron chi connectivity index (χ4n) is 3.75. The summed E-state index contributed by atoms with van der Waals surface area (Å²) in [5.41, 5.74) is 0.905. The molecule has 0 spiro atoms. The average Bonchev–Trinajstić information content (AvgIpc) is 3.19. The first-order valence-electron chi connectivity index (χ1n) is 9.80. The Hall–Kier alpha value is -2.15. The number of nitrogens with zero attached hydrogens (tertiary/aromatic N) is 2. The van der Waals surface area contributed by atoms with Crippen LogP contribution in [0.25, 0.3) is 0 Å². The Bertz CT molecular complexity index is 751. The van der Waals surface area contributed by atoms with Crippen LogP contribution in [0.15, 0.2) is 36.8 Å². The predicted octanol–water partition coefficient (Wildman–Crippen LogP) is 4.28. The van der Waals surface area contributed by atoms with E-state index < -0.39 is 11.7 Å². The topological polar surface area (TPSA) is 49.0 Å². The molecule has 1 aromatic carbocycles. The summed E-state index contributed by atoms with van der Waals surface area (Å²) in [5, 5.41) is 0. The minimum absolute atomic E-state index is 0.0456. The fourth-order valence-corrected chi connectivity index (χ4v) is 3.75. The summed E-state index contributed by atoms with van der Waals surface area (Å²) in [7, 11) is 0. The summed E-state index contributed by atoms with van der Waals surface area (Å²) in [5.74, 6) is 0.00834. The molecule has 2 heterocycles. The highest BCUT2D eigenvalue weighted by Crippen LogP contribution is 2.30. The molecule has 4 nitrogen and oxygen atoms in total. The van der Waals surface area contributed by atoms with E-state index in [1.165, 1.54) is 6.07 Å². The van der Waals surface area contributed by atoms with Gasteiger partial charge in [0.15, 0.2) is 0 Å². The van der Waals surface area contributed by atoms with Crippen molar-refractivity contribution in [3.8, 4) is 0 Å². The summed E-state index contributed by atoms with van der Waals surface area (Å²) in [6.45, 7) is 2.77. The zero-order valence-corrected chi connectivity index (χ0v) is 15.8. The second kappa shape index (κ2) is 9.37. The number of hydrogen-bond acceptors (Lipinski definition) is 3. The maximum Gasteiger partial charge on any atom is 0.416 e. The summed E-state index contributed by atoms with van der Waals surface area (Å²) >= 11 is 0. The highest BCUT2D eigenvalue weighted by molar-refractivity contribution is 5.83. The Kier molecular flexibility index (Phi) is 6.88. The average molecular weight is 393 g/mol. The molecule has 1 N–H and O–H groups in total. The Morgan fingerprint density at radius 3 is 2.68 bits per heavy atom. The number of piperidine rings is 1. The molecule has 0 saturated carbocycles. The van der Waals surface area contributed by atoms with Crippen molar-refractivity contribution in [3.05, 3.63) is 53.6 Å². The van der Waals surface area contributed by atoms with E-state index in [0.29, 0.717) is 5.56 Å². The molecule has 2 aromatic rings. The maximum atomic E-state index is 12.8. The monoisotopic (exact) mass is 393 g/mol. The van der Waals surface area contributed by atoms with Crippen molar-refractivity contribution in [1.29, 1.82) is 0 Å². The zero-order valence-electron chi connectivity index (χ0n) is 15.8. The van der Waals surface area contributed by atoms with Crippen molar-refractivity contribution in [1.82, 2.24) is 14.9 Å². The minimum Gasteiger partial charge on any atom is -0.348 e. The van der Waals surface area contributed by atoms with E-state index in [0.717, 1.165) is 69.6 Å². The van der Waals surface area contributed by atoms with Gasteiger partial charge in [-0.1, -0.05) is 18.2 Å². The summed E-state index contributed by atoms with van der Waals surface area (Å²) < 4.78 is 38.4. The molecule has 3 rings (SSSR count). The van der Waals surface area contributed by atoms with Crippen LogP contribution in [0.4, 0.5) is 13.2 Å². The van der Waals surface area contributed by atoms with Crippen molar-refractivity contribution in [3.63, 3.8) is 0 Å². The maximum absolute atomic E-state index is 12.8. The van der Waals surface area contributed by atoms with Gasteiger partial charge >= 0.3 is 6.18 Å². The van der Waals surface area contributed by atoms with Crippen LogP contribution in [-0.4, -0.2) is 40.3 Å². The number of ketones is 1. The molecule has 0 aliphatic carbocycles. The predicted molar refractivity (Wildman–Crippen MR) is 101 cm³/mol. The molecule has 1 aliphatic rings. The number of nitrogens with one attached hydrogen (secondary N) is 1. The number of hydrogen-bond donors (Lipinski definition) is 1. The number of aromatic amines is 1. The van der Waals surface area contributed by atoms with E-state index in [-0.39, 0.29) is 18.1 Å². The Morgan fingerprint density at radius 1 is 1.21 bits per heavy atom.